The van der Waals surface area contributed by atoms with E-state index in [-0.39, 0.29) is 17.5 Å². The molecule has 1 amide bonds. The average molecular weight is 378 g/mol. The van der Waals surface area contributed by atoms with E-state index in [0.717, 1.165) is 24.1 Å². The van der Waals surface area contributed by atoms with Gasteiger partial charge in [0.05, 0.1) is 11.9 Å². The molecule has 1 atom stereocenters. The number of amides is 1. The highest BCUT2D eigenvalue weighted by Gasteiger charge is 2.28. The highest BCUT2D eigenvalue weighted by atomic mass is 16.2. The third-order valence-electron chi connectivity index (χ3n) is 4.95. The minimum atomic E-state index is -0.263. The second-order valence-corrected chi connectivity index (χ2v) is 6.96. The summed E-state index contributed by atoms with van der Waals surface area (Å²) in [4.78, 5) is 26.8. The molecule has 4 rings (SSSR count). The molecule has 0 spiro atoms. The van der Waals surface area contributed by atoms with Crippen molar-refractivity contribution in [3.8, 4) is 5.69 Å². The summed E-state index contributed by atoms with van der Waals surface area (Å²) in [6, 6.07) is 9.44. The Balaban J connectivity index is 1.53. The van der Waals surface area contributed by atoms with Crippen molar-refractivity contribution >= 4 is 12.0 Å². The maximum Gasteiger partial charge on any atom is 0.347 e. The number of aromatic nitrogens is 5. The number of H-pyrrole nitrogens is 1. The van der Waals surface area contributed by atoms with Gasteiger partial charge in [-0.3, -0.25) is 9.48 Å². The van der Waals surface area contributed by atoms with Gasteiger partial charge in [0.1, 0.15) is 5.82 Å². The fourth-order valence-electron chi connectivity index (χ4n) is 3.60. The van der Waals surface area contributed by atoms with E-state index < -0.39 is 0 Å². The first-order valence-electron chi connectivity index (χ1n) is 9.30. The number of nitrogens with one attached hydrogen (secondary N) is 1. The molecule has 1 aromatic carbocycles. The topological polar surface area (TPSA) is 88.8 Å². The molecule has 1 saturated heterocycles. The fourth-order valence-corrected chi connectivity index (χ4v) is 3.60. The Morgan fingerprint density at radius 1 is 1.29 bits per heavy atom. The van der Waals surface area contributed by atoms with Gasteiger partial charge in [-0.1, -0.05) is 18.2 Å². The van der Waals surface area contributed by atoms with Gasteiger partial charge in [0.15, 0.2) is 0 Å². The lowest BCUT2D eigenvalue weighted by molar-refractivity contribution is -0.127. The smallest absolute Gasteiger partial charge is 0.338 e. The van der Waals surface area contributed by atoms with Crippen LogP contribution in [0.5, 0.6) is 0 Å². The van der Waals surface area contributed by atoms with Crippen LogP contribution in [-0.2, 0) is 11.8 Å². The van der Waals surface area contributed by atoms with E-state index in [0.29, 0.717) is 18.9 Å². The molecule has 8 heteroatoms. The number of likely N-dealkylation sites (tertiary alicyclic amines) is 1. The third kappa shape index (κ3) is 3.66. The highest BCUT2D eigenvalue weighted by Crippen LogP contribution is 2.26. The Bertz CT molecular complexity index is 1050. The number of aromatic amines is 1. The summed E-state index contributed by atoms with van der Waals surface area (Å²) in [6.07, 6.45) is 8.66. The Kier molecular flexibility index (Phi) is 4.92. The zero-order valence-corrected chi connectivity index (χ0v) is 15.7. The molecule has 0 unspecified atom stereocenters. The van der Waals surface area contributed by atoms with Crippen molar-refractivity contribution in [2.45, 2.75) is 18.8 Å². The number of piperidine rings is 1. The van der Waals surface area contributed by atoms with Gasteiger partial charge >= 0.3 is 5.69 Å². The minimum Gasteiger partial charge on any atom is -0.338 e. The van der Waals surface area contributed by atoms with Crippen LogP contribution in [0, 0.1) is 0 Å². The van der Waals surface area contributed by atoms with Gasteiger partial charge in [-0.15, -0.1) is 0 Å². The van der Waals surface area contributed by atoms with Gasteiger partial charge < -0.3 is 4.90 Å². The van der Waals surface area contributed by atoms with Crippen LogP contribution in [-0.4, -0.2) is 48.4 Å². The number of hydrogen-bond acceptors (Lipinski definition) is 4. The van der Waals surface area contributed by atoms with Crippen LogP contribution in [0.15, 0.2) is 53.6 Å². The van der Waals surface area contributed by atoms with Gasteiger partial charge in [-0.05, 0) is 31.1 Å². The number of rotatable bonds is 4. The molecule has 28 heavy (non-hydrogen) atoms. The van der Waals surface area contributed by atoms with Crippen LogP contribution in [0.1, 0.15) is 30.1 Å². The lowest BCUT2D eigenvalue weighted by atomic mass is 9.97. The molecule has 144 valence electrons. The Labute approximate surface area is 162 Å². The second-order valence-electron chi connectivity index (χ2n) is 6.96. The van der Waals surface area contributed by atoms with Crippen LogP contribution in [0.2, 0.25) is 0 Å². The molecule has 1 aliphatic rings. The lowest BCUT2D eigenvalue weighted by Crippen LogP contribution is -2.39. The van der Waals surface area contributed by atoms with Crippen LogP contribution >= 0.6 is 0 Å². The Morgan fingerprint density at radius 3 is 2.86 bits per heavy atom. The molecule has 1 aliphatic heterocycles. The quantitative estimate of drug-likeness (QED) is 0.700. The first kappa shape index (κ1) is 18.0. The molecule has 8 nitrogen and oxygen atoms in total. The summed E-state index contributed by atoms with van der Waals surface area (Å²) in [6.45, 7) is 1.24. The molecule has 3 aromatic rings. The second kappa shape index (κ2) is 7.67. The van der Waals surface area contributed by atoms with Crippen molar-refractivity contribution < 1.29 is 4.79 Å². The van der Waals surface area contributed by atoms with Crippen molar-refractivity contribution in [2.75, 3.05) is 13.1 Å². The van der Waals surface area contributed by atoms with Gasteiger partial charge in [0, 0.05) is 43.9 Å². The minimum absolute atomic E-state index is 0.00338. The first-order chi connectivity index (χ1) is 13.6. The Hall–Kier alpha value is -3.42. The fraction of sp³-hybridized carbons (Fsp3) is 0.300. The number of carbonyl (C=O) groups excluding carboxylic acids is 1. The van der Waals surface area contributed by atoms with Crippen LogP contribution < -0.4 is 5.69 Å². The van der Waals surface area contributed by atoms with Crippen LogP contribution in [0.3, 0.4) is 0 Å². The van der Waals surface area contributed by atoms with Crippen LogP contribution in [0.4, 0.5) is 0 Å². The molecular weight excluding hydrogens is 356 g/mol. The molecule has 0 aliphatic carbocycles. The van der Waals surface area contributed by atoms with Crippen LogP contribution in [0.25, 0.3) is 11.8 Å². The standard InChI is InChI=1S/C20H22N6O2/c1-24-13-15(12-21-24)9-10-18(27)25-11-5-6-16(14-25)19-22-23-20(28)26(19)17-7-3-2-4-8-17/h2-4,7-10,12-13,16H,5-6,11,14H2,1H3,(H,23,28)/b10-9+/t16-/m0/s1. The molecule has 3 heterocycles. The van der Waals surface area contributed by atoms with E-state index in [1.807, 2.05) is 48.5 Å². The van der Waals surface area contributed by atoms with E-state index in [1.54, 1.807) is 27.6 Å². The van der Waals surface area contributed by atoms with Crippen molar-refractivity contribution in [3.05, 3.63) is 70.7 Å². The SMILES string of the molecule is Cn1cc(/C=C/C(=O)N2CCC[C@H](c3n[nH]c(=O)n3-c3ccccc3)C2)cn1. The zero-order chi connectivity index (χ0) is 19.5. The van der Waals surface area contributed by atoms with Crippen molar-refractivity contribution in [3.63, 3.8) is 0 Å². The summed E-state index contributed by atoms with van der Waals surface area (Å²) >= 11 is 0. The summed E-state index contributed by atoms with van der Waals surface area (Å²) in [5.74, 6) is 0.631. The lowest BCUT2D eigenvalue weighted by Gasteiger charge is -2.31. The largest absolute Gasteiger partial charge is 0.347 e. The number of carbonyl (C=O) groups is 1. The first-order valence-corrected chi connectivity index (χ1v) is 9.30. The van der Waals surface area contributed by atoms with Gasteiger partial charge in [-0.2, -0.15) is 10.2 Å². The van der Waals surface area contributed by atoms with E-state index in [9.17, 15) is 9.59 Å². The summed E-state index contributed by atoms with van der Waals surface area (Å²) < 4.78 is 3.30. The molecule has 0 radical (unpaired) electrons. The maximum atomic E-state index is 12.6. The number of hydrogen-bond donors (Lipinski definition) is 1. The number of benzene rings is 1. The zero-order valence-electron chi connectivity index (χ0n) is 15.7. The van der Waals surface area contributed by atoms with Crippen molar-refractivity contribution in [2.24, 2.45) is 7.05 Å². The van der Waals surface area contributed by atoms with Crippen molar-refractivity contribution in [1.29, 1.82) is 0 Å². The molecule has 0 saturated carbocycles. The van der Waals surface area contributed by atoms with E-state index in [2.05, 4.69) is 15.3 Å². The Morgan fingerprint density at radius 2 is 2.11 bits per heavy atom. The molecule has 2 aromatic heterocycles. The normalized spacial score (nSPS) is 17.3. The van der Waals surface area contributed by atoms with Gasteiger partial charge in [-0.25, -0.2) is 14.5 Å². The molecule has 1 N–H and O–H groups in total. The number of nitrogens with zero attached hydrogens (tertiary/aromatic N) is 5. The van der Waals surface area contributed by atoms with Crippen molar-refractivity contribution in [1.82, 2.24) is 29.4 Å². The maximum absolute atomic E-state index is 12.6. The predicted octanol–water partition coefficient (Wildman–Crippen LogP) is 1.71. The summed E-state index contributed by atoms with van der Waals surface area (Å²) in [5, 5.41) is 10.9. The van der Waals surface area contributed by atoms with Gasteiger partial charge in [0.25, 0.3) is 0 Å². The summed E-state index contributed by atoms with van der Waals surface area (Å²) in [7, 11) is 1.84. The average Bonchev–Trinajstić information content (AvgIpc) is 3.32. The predicted molar refractivity (Wildman–Crippen MR) is 105 cm³/mol. The monoisotopic (exact) mass is 378 g/mol. The van der Waals surface area contributed by atoms with E-state index in [1.165, 1.54) is 0 Å². The molecule has 1 fully saturated rings. The highest BCUT2D eigenvalue weighted by molar-refractivity contribution is 5.91. The molecule has 0 bridgehead atoms. The van der Waals surface area contributed by atoms with E-state index in [4.69, 9.17) is 0 Å². The molecular formula is C20H22N6O2. The third-order valence-corrected chi connectivity index (χ3v) is 4.95. The summed E-state index contributed by atoms with van der Waals surface area (Å²) in [5.41, 5.74) is 1.40. The van der Waals surface area contributed by atoms with Gasteiger partial charge in [0.2, 0.25) is 5.91 Å². The number of para-hydroxylation sites is 1. The van der Waals surface area contributed by atoms with E-state index >= 15 is 0 Å². The number of aryl methyl sites for hydroxylation is 1.